The predicted octanol–water partition coefficient (Wildman–Crippen LogP) is 0.537. The van der Waals surface area contributed by atoms with E-state index in [9.17, 15) is 0 Å². The summed E-state index contributed by atoms with van der Waals surface area (Å²) in [5, 5.41) is 0. The first-order valence-electron chi connectivity index (χ1n) is 2.14. The van der Waals surface area contributed by atoms with Crippen LogP contribution in [0, 0.1) is 0 Å². The minimum Gasteiger partial charge on any atom is -0.396 e. The Balaban J connectivity index is 2.63. The molecule has 1 atom stereocenters. The first-order chi connectivity index (χ1) is 2.77. The Kier molecular flexibility index (Phi) is 3.98. The van der Waals surface area contributed by atoms with Crippen molar-refractivity contribution in [2.45, 2.75) is 18.8 Å². The zero-order valence-corrected chi connectivity index (χ0v) is 5.42. The van der Waals surface area contributed by atoms with Gasteiger partial charge in [0, 0.05) is 6.61 Å². The van der Waals surface area contributed by atoms with Crippen LogP contribution in [0.3, 0.4) is 0 Å². The molecule has 0 amide bonds. The lowest BCUT2D eigenvalue weighted by atomic mass is 10.8. The van der Waals surface area contributed by atoms with Crippen molar-refractivity contribution in [3.63, 3.8) is 0 Å². The van der Waals surface area contributed by atoms with Gasteiger partial charge in [-0.15, -0.1) is 0 Å². The van der Waals surface area contributed by atoms with Gasteiger partial charge in [-0.05, 0) is 11.9 Å². The minimum absolute atomic E-state index is 0.315. The molecule has 0 bridgehead atoms. The molecule has 0 aliphatic rings. The molecule has 0 saturated carbocycles. The predicted molar refractivity (Wildman–Crippen MR) is 26.8 cm³/mol. The van der Waals surface area contributed by atoms with Crippen molar-refractivity contribution in [3.05, 3.63) is 0 Å². The molecule has 34 valence electrons. The fourth-order valence-corrected chi connectivity index (χ4v) is 0.455. The molecular formula is C4H9AlO. The summed E-state index contributed by atoms with van der Waals surface area (Å²) in [6, 6.07) is 0. The van der Waals surface area contributed by atoms with Gasteiger partial charge in [0.2, 0.25) is 0 Å². The van der Waals surface area contributed by atoms with Crippen LogP contribution in [-0.2, 0) is 4.74 Å². The molecule has 0 aliphatic heterocycles. The fraction of sp³-hybridized carbons (Fsp3) is 1.00. The lowest BCUT2D eigenvalue weighted by molar-refractivity contribution is 0.132. The molecule has 0 heterocycles. The van der Waals surface area contributed by atoms with Crippen LogP contribution in [0.4, 0.5) is 0 Å². The molecule has 0 fully saturated rings. The number of hydrogen-bond acceptors (Lipinski definition) is 1. The first kappa shape index (κ1) is 6.49. The molecule has 0 aromatic carbocycles. The lowest BCUT2D eigenvalue weighted by Gasteiger charge is -2.01. The SMILES string of the molecule is CCO[CH](C)[Al]. The molecule has 0 aliphatic carbocycles. The highest BCUT2D eigenvalue weighted by atomic mass is 27.0. The third-order valence-electron chi connectivity index (χ3n) is 0.430. The van der Waals surface area contributed by atoms with Crippen LogP contribution in [0.2, 0.25) is 0 Å². The van der Waals surface area contributed by atoms with E-state index in [4.69, 9.17) is 4.74 Å². The van der Waals surface area contributed by atoms with Crippen LogP contribution in [0.25, 0.3) is 0 Å². The van der Waals surface area contributed by atoms with Crippen molar-refractivity contribution in [1.82, 2.24) is 0 Å². The maximum absolute atomic E-state index is 5.00. The highest BCUT2D eigenvalue weighted by Crippen LogP contribution is 1.78. The molecule has 1 nitrogen and oxygen atoms in total. The highest BCUT2D eigenvalue weighted by molar-refractivity contribution is 6.10. The molecule has 0 aromatic rings. The molecule has 2 heteroatoms. The van der Waals surface area contributed by atoms with Gasteiger partial charge in [-0.25, -0.2) is 0 Å². The van der Waals surface area contributed by atoms with E-state index in [1.54, 1.807) is 0 Å². The summed E-state index contributed by atoms with van der Waals surface area (Å²) < 4.78 is 5.00. The Labute approximate surface area is 47.1 Å². The number of ether oxygens (including phenoxy) is 1. The second kappa shape index (κ2) is 3.67. The summed E-state index contributed by atoms with van der Waals surface area (Å²) in [7, 11) is 0. The normalized spacial score (nSPS) is 14.3. The molecule has 0 saturated heterocycles. The summed E-state index contributed by atoms with van der Waals surface area (Å²) in [5.74, 6) is 0. The molecule has 6 heavy (non-hydrogen) atoms. The average Bonchev–Trinajstić information content (AvgIpc) is 1.35. The van der Waals surface area contributed by atoms with Crippen molar-refractivity contribution in [2.24, 2.45) is 0 Å². The van der Waals surface area contributed by atoms with Gasteiger partial charge in [-0.2, -0.15) is 0 Å². The van der Waals surface area contributed by atoms with Gasteiger partial charge in [-0.1, -0.05) is 6.92 Å². The quantitative estimate of drug-likeness (QED) is 0.460. The van der Waals surface area contributed by atoms with Crippen molar-refractivity contribution in [1.29, 1.82) is 0 Å². The number of rotatable bonds is 2. The van der Waals surface area contributed by atoms with Gasteiger partial charge >= 0.3 is 0 Å². The van der Waals surface area contributed by atoms with E-state index in [-0.39, 0.29) is 0 Å². The highest BCUT2D eigenvalue weighted by Gasteiger charge is 1.83. The van der Waals surface area contributed by atoms with E-state index in [0.717, 1.165) is 6.61 Å². The molecular weight excluding hydrogens is 91.0 g/mol. The molecule has 0 spiro atoms. The van der Waals surface area contributed by atoms with E-state index in [1.165, 1.54) is 0 Å². The van der Waals surface area contributed by atoms with Gasteiger partial charge in [-0.3, -0.25) is 0 Å². The van der Waals surface area contributed by atoms with Crippen LogP contribution in [0.5, 0.6) is 0 Å². The molecule has 0 N–H and O–H groups in total. The lowest BCUT2D eigenvalue weighted by Crippen LogP contribution is -2.05. The Hall–Kier alpha value is 0.492. The third kappa shape index (κ3) is 4.49. The topological polar surface area (TPSA) is 9.23 Å². The van der Waals surface area contributed by atoms with Gasteiger partial charge in [0.05, 0.1) is 0 Å². The number of hydrogen-bond donors (Lipinski definition) is 0. The van der Waals surface area contributed by atoms with E-state index in [0.29, 0.717) is 4.97 Å². The van der Waals surface area contributed by atoms with Crippen LogP contribution < -0.4 is 0 Å². The van der Waals surface area contributed by atoms with Crippen molar-refractivity contribution in [3.8, 4) is 0 Å². The smallest absolute Gasteiger partial charge is 0.170 e. The monoisotopic (exact) mass is 100 g/mol. The minimum atomic E-state index is 0.315. The molecule has 2 radical (unpaired) electrons. The van der Waals surface area contributed by atoms with Crippen LogP contribution in [-0.4, -0.2) is 27.9 Å². The fourth-order valence-electron chi connectivity index (χ4n) is 0.263. The summed E-state index contributed by atoms with van der Waals surface area (Å²) in [6.07, 6.45) is 0. The zero-order chi connectivity index (χ0) is 4.99. The first-order valence-corrected chi connectivity index (χ1v) is 2.81. The van der Waals surface area contributed by atoms with Gasteiger partial charge in [0.1, 0.15) is 0 Å². The average molecular weight is 100 g/mol. The van der Waals surface area contributed by atoms with Crippen LogP contribution >= 0.6 is 0 Å². The second-order valence-electron chi connectivity index (χ2n) is 1.16. The summed E-state index contributed by atoms with van der Waals surface area (Å²) in [6.45, 7) is 4.79. The van der Waals surface area contributed by atoms with Gasteiger partial charge in [0.15, 0.2) is 16.3 Å². The van der Waals surface area contributed by atoms with E-state index in [2.05, 4.69) is 16.3 Å². The van der Waals surface area contributed by atoms with Crippen LogP contribution in [0.15, 0.2) is 0 Å². The van der Waals surface area contributed by atoms with Crippen molar-refractivity contribution < 1.29 is 4.74 Å². The molecule has 0 aromatic heterocycles. The largest absolute Gasteiger partial charge is 0.396 e. The van der Waals surface area contributed by atoms with Crippen molar-refractivity contribution in [2.75, 3.05) is 6.61 Å². The maximum Gasteiger partial charge on any atom is 0.170 e. The Morgan fingerprint density at radius 2 is 2.33 bits per heavy atom. The summed E-state index contributed by atoms with van der Waals surface area (Å²) >= 11 is 2.56. The second-order valence-corrected chi connectivity index (χ2v) is 2.10. The van der Waals surface area contributed by atoms with Crippen molar-refractivity contribution >= 4 is 16.3 Å². The molecule has 0 rings (SSSR count). The Morgan fingerprint density at radius 3 is 2.33 bits per heavy atom. The maximum atomic E-state index is 5.00. The summed E-state index contributed by atoms with van der Waals surface area (Å²) in [5.41, 5.74) is 0. The Morgan fingerprint density at radius 1 is 1.83 bits per heavy atom. The standard InChI is InChI=1S/C4H9O.Al/c1-3-5-4-2;/h3H,4H2,1-2H3;. The van der Waals surface area contributed by atoms with E-state index in [1.807, 2.05) is 13.8 Å². The third-order valence-corrected chi connectivity index (χ3v) is 0.622. The zero-order valence-electron chi connectivity index (χ0n) is 4.27. The van der Waals surface area contributed by atoms with Gasteiger partial charge in [0.25, 0.3) is 0 Å². The molecule has 1 unspecified atom stereocenters. The van der Waals surface area contributed by atoms with Crippen LogP contribution in [0.1, 0.15) is 13.8 Å². The Bertz CT molecular complexity index is 28.7. The van der Waals surface area contributed by atoms with E-state index < -0.39 is 0 Å². The van der Waals surface area contributed by atoms with E-state index >= 15 is 0 Å². The summed E-state index contributed by atoms with van der Waals surface area (Å²) in [4.78, 5) is 0.315. The van der Waals surface area contributed by atoms with Gasteiger partial charge < -0.3 is 4.74 Å².